The highest BCUT2D eigenvalue weighted by molar-refractivity contribution is 14.1. The third-order valence-corrected chi connectivity index (χ3v) is 5.72. The number of carbonyl (C=O) groups excluding carboxylic acids is 3. The first-order valence-corrected chi connectivity index (χ1v) is 8.50. The molecule has 0 saturated heterocycles. The molecule has 1 aromatic carbocycles. The van der Waals surface area contributed by atoms with Gasteiger partial charge in [-0.25, -0.2) is 14.4 Å². The van der Waals surface area contributed by atoms with Crippen LogP contribution >= 0.6 is 67.8 Å². The molecule has 1 aromatic rings. The first-order chi connectivity index (χ1) is 9.81. The van der Waals surface area contributed by atoms with Gasteiger partial charge in [-0.3, -0.25) is 0 Å². The van der Waals surface area contributed by atoms with E-state index in [1.165, 1.54) is 21.3 Å². The van der Waals surface area contributed by atoms with Crippen LogP contribution in [0.25, 0.3) is 0 Å². The largest absolute Gasteiger partial charge is 0.465 e. The Morgan fingerprint density at radius 2 is 0.810 bits per heavy atom. The molecule has 9 heteroatoms. The Kier molecular flexibility index (Phi) is 7.09. The van der Waals surface area contributed by atoms with Crippen LogP contribution in [0.5, 0.6) is 0 Å². The van der Waals surface area contributed by atoms with Crippen LogP contribution in [0.2, 0.25) is 0 Å². The molecule has 6 nitrogen and oxygen atoms in total. The molecule has 0 fully saturated rings. The van der Waals surface area contributed by atoms with Crippen LogP contribution in [0, 0.1) is 10.7 Å². The van der Waals surface area contributed by atoms with Crippen molar-refractivity contribution in [2.24, 2.45) is 0 Å². The third kappa shape index (κ3) is 3.60. The monoisotopic (exact) mass is 630 g/mol. The fraction of sp³-hybridized carbons (Fsp3) is 0.250. The second kappa shape index (κ2) is 7.89. The normalized spacial score (nSPS) is 10.0. The number of hydrogen-bond donors (Lipinski definition) is 0. The molecule has 0 spiro atoms. The molecule has 0 unspecified atom stereocenters. The average Bonchev–Trinajstić information content (AvgIpc) is 2.46. The number of carbonyl (C=O) groups is 3. The topological polar surface area (TPSA) is 78.9 Å². The van der Waals surface area contributed by atoms with Crippen molar-refractivity contribution >= 4 is 85.7 Å². The van der Waals surface area contributed by atoms with Crippen molar-refractivity contribution < 1.29 is 28.6 Å². The van der Waals surface area contributed by atoms with Gasteiger partial charge >= 0.3 is 17.9 Å². The summed E-state index contributed by atoms with van der Waals surface area (Å²) in [6, 6.07) is 0. The molecule has 0 bridgehead atoms. The molecule has 0 aliphatic rings. The van der Waals surface area contributed by atoms with Crippen molar-refractivity contribution in [3.63, 3.8) is 0 Å². The van der Waals surface area contributed by atoms with Crippen LogP contribution in [-0.2, 0) is 14.2 Å². The number of ether oxygens (including phenoxy) is 3. The molecule has 0 heterocycles. The molecule has 0 amide bonds. The minimum atomic E-state index is -0.643. The van der Waals surface area contributed by atoms with Gasteiger partial charge in [0.2, 0.25) is 0 Å². The minimum absolute atomic E-state index is 0.139. The molecule has 114 valence electrons. The summed E-state index contributed by atoms with van der Waals surface area (Å²) in [5.74, 6) is -1.93. The Balaban J connectivity index is 3.87. The van der Waals surface area contributed by atoms with Crippen molar-refractivity contribution in [1.29, 1.82) is 0 Å². The lowest BCUT2D eigenvalue weighted by atomic mass is 10.1. The first-order valence-electron chi connectivity index (χ1n) is 5.27. The highest BCUT2D eigenvalue weighted by Gasteiger charge is 2.31. The van der Waals surface area contributed by atoms with Gasteiger partial charge in [0.1, 0.15) is 0 Å². The quantitative estimate of drug-likeness (QED) is 0.291. The summed E-state index contributed by atoms with van der Waals surface area (Å²) in [6.45, 7) is 0. The summed E-state index contributed by atoms with van der Waals surface area (Å²) in [7, 11) is 3.67. The Hall–Kier alpha value is -0.180. The molecule has 0 aliphatic carbocycles. The smallest absolute Gasteiger partial charge is 0.340 e. The van der Waals surface area contributed by atoms with Gasteiger partial charge in [-0.2, -0.15) is 0 Å². The van der Waals surface area contributed by atoms with E-state index in [1.54, 1.807) is 0 Å². The standard InChI is InChI=1S/C12H9I3O6/c1-19-10(16)4-7(13)5(11(17)20-2)9(15)6(8(4)14)12(18)21-3/h1-3H3. The first kappa shape index (κ1) is 18.9. The van der Waals surface area contributed by atoms with Crippen LogP contribution in [-0.4, -0.2) is 39.2 Å². The van der Waals surface area contributed by atoms with E-state index in [2.05, 4.69) is 0 Å². The fourth-order valence-electron chi connectivity index (χ4n) is 1.51. The van der Waals surface area contributed by atoms with E-state index < -0.39 is 17.9 Å². The van der Waals surface area contributed by atoms with Crippen LogP contribution in [0.4, 0.5) is 0 Å². The van der Waals surface area contributed by atoms with Crippen molar-refractivity contribution in [3.05, 3.63) is 27.4 Å². The summed E-state index contributed by atoms with van der Waals surface area (Å²) in [4.78, 5) is 35.9. The second-order valence-corrected chi connectivity index (χ2v) is 6.78. The number of hydrogen-bond acceptors (Lipinski definition) is 6. The van der Waals surface area contributed by atoms with Gasteiger partial charge in [-0.15, -0.1) is 0 Å². The van der Waals surface area contributed by atoms with E-state index in [0.29, 0.717) is 10.7 Å². The molecular weight excluding hydrogens is 621 g/mol. The highest BCUT2D eigenvalue weighted by atomic mass is 127. The number of benzene rings is 1. The van der Waals surface area contributed by atoms with E-state index in [0.717, 1.165) is 0 Å². The molecule has 21 heavy (non-hydrogen) atoms. The van der Waals surface area contributed by atoms with Crippen molar-refractivity contribution in [1.82, 2.24) is 0 Å². The van der Waals surface area contributed by atoms with Gasteiger partial charge in [0.25, 0.3) is 0 Å². The van der Waals surface area contributed by atoms with Crippen LogP contribution in [0.15, 0.2) is 0 Å². The van der Waals surface area contributed by atoms with Crippen LogP contribution in [0.3, 0.4) is 0 Å². The maximum atomic E-state index is 12.0. The second-order valence-electron chi connectivity index (χ2n) is 3.54. The van der Waals surface area contributed by atoms with Gasteiger partial charge in [-0.1, -0.05) is 0 Å². The average molecular weight is 630 g/mol. The summed E-state index contributed by atoms with van der Waals surface area (Å²) in [5, 5.41) is 0. The van der Waals surface area contributed by atoms with Gasteiger partial charge in [0, 0.05) is 10.7 Å². The maximum absolute atomic E-state index is 12.0. The van der Waals surface area contributed by atoms with Gasteiger partial charge in [-0.05, 0) is 67.8 Å². The zero-order valence-electron chi connectivity index (χ0n) is 11.1. The molecule has 0 aliphatic heterocycles. The van der Waals surface area contributed by atoms with Crippen LogP contribution in [0.1, 0.15) is 31.1 Å². The molecule has 0 atom stereocenters. The van der Waals surface area contributed by atoms with Gasteiger partial charge < -0.3 is 14.2 Å². The van der Waals surface area contributed by atoms with Crippen LogP contribution < -0.4 is 0 Å². The lowest BCUT2D eigenvalue weighted by Gasteiger charge is -2.15. The molecule has 0 aromatic heterocycles. The molecule has 0 radical (unpaired) electrons. The van der Waals surface area contributed by atoms with E-state index >= 15 is 0 Å². The minimum Gasteiger partial charge on any atom is -0.465 e. The summed E-state index contributed by atoms with van der Waals surface area (Å²) in [6.07, 6.45) is 0. The maximum Gasteiger partial charge on any atom is 0.340 e. The van der Waals surface area contributed by atoms with Crippen molar-refractivity contribution in [3.8, 4) is 0 Å². The lowest BCUT2D eigenvalue weighted by Crippen LogP contribution is -2.20. The summed E-state index contributed by atoms with van der Waals surface area (Å²) < 4.78 is 15.3. The van der Waals surface area contributed by atoms with E-state index in [9.17, 15) is 14.4 Å². The predicted octanol–water partition coefficient (Wildman–Crippen LogP) is 2.86. The van der Waals surface area contributed by atoms with Gasteiger partial charge in [0.05, 0.1) is 38.0 Å². The third-order valence-electron chi connectivity index (χ3n) is 2.49. The number of methoxy groups -OCH3 is 3. The SMILES string of the molecule is COC(=O)c1c(I)c(C(=O)OC)c(I)c(C(=O)OC)c1I. The number of halogens is 3. The van der Waals surface area contributed by atoms with E-state index in [4.69, 9.17) is 14.2 Å². The number of rotatable bonds is 3. The summed E-state index contributed by atoms with van der Waals surface area (Å²) >= 11 is 5.57. The summed E-state index contributed by atoms with van der Waals surface area (Å²) in [5.41, 5.74) is 0.416. The number of esters is 3. The fourth-order valence-corrected chi connectivity index (χ4v) is 6.00. The Morgan fingerprint density at radius 3 is 0.952 bits per heavy atom. The van der Waals surface area contributed by atoms with E-state index in [-0.39, 0.29) is 16.7 Å². The molecule has 1 rings (SSSR count). The highest BCUT2D eigenvalue weighted by Crippen LogP contribution is 2.33. The Bertz CT molecular complexity index is 519. The Morgan fingerprint density at radius 1 is 0.619 bits per heavy atom. The lowest BCUT2D eigenvalue weighted by molar-refractivity contribution is 0.0592. The van der Waals surface area contributed by atoms with Crippen molar-refractivity contribution in [2.75, 3.05) is 21.3 Å². The molecule has 0 saturated carbocycles. The molecular formula is C12H9I3O6. The zero-order valence-corrected chi connectivity index (χ0v) is 17.6. The molecule has 0 N–H and O–H groups in total. The van der Waals surface area contributed by atoms with Gasteiger partial charge in [0.15, 0.2) is 0 Å². The Labute approximate surface area is 161 Å². The predicted molar refractivity (Wildman–Crippen MR) is 98.6 cm³/mol. The van der Waals surface area contributed by atoms with E-state index in [1.807, 2.05) is 67.8 Å². The zero-order chi connectivity index (χ0) is 16.3. The van der Waals surface area contributed by atoms with Crippen molar-refractivity contribution in [2.45, 2.75) is 0 Å².